The SMILES string of the molecule is CC(C)CCN(C[C@H](O)[C@H](Cc1ccccc1)NC(=O)OCc1ccccc1)S(=O)(=O)c1ccccc1. The second-order valence-corrected chi connectivity index (χ2v) is 11.4. The molecule has 0 aliphatic rings. The van der Waals surface area contributed by atoms with Gasteiger partial charge in [0.15, 0.2) is 0 Å². The highest BCUT2D eigenvalue weighted by Gasteiger charge is 2.31. The van der Waals surface area contributed by atoms with Crippen molar-refractivity contribution in [3.8, 4) is 0 Å². The van der Waals surface area contributed by atoms with Crippen molar-refractivity contribution in [3.63, 3.8) is 0 Å². The summed E-state index contributed by atoms with van der Waals surface area (Å²) >= 11 is 0. The van der Waals surface area contributed by atoms with Gasteiger partial charge in [-0.3, -0.25) is 0 Å². The van der Waals surface area contributed by atoms with E-state index in [-0.39, 0.29) is 30.5 Å². The molecule has 0 unspecified atom stereocenters. The number of amides is 1. The molecule has 1 amide bonds. The summed E-state index contributed by atoms with van der Waals surface area (Å²) in [4.78, 5) is 12.8. The van der Waals surface area contributed by atoms with Crippen molar-refractivity contribution >= 4 is 16.1 Å². The first-order chi connectivity index (χ1) is 17.8. The van der Waals surface area contributed by atoms with Gasteiger partial charge in [0.25, 0.3) is 0 Å². The third-order valence-electron chi connectivity index (χ3n) is 6.01. The van der Waals surface area contributed by atoms with Gasteiger partial charge in [0.1, 0.15) is 6.61 Å². The summed E-state index contributed by atoms with van der Waals surface area (Å²) in [6.07, 6.45) is -0.904. The molecule has 37 heavy (non-hydrogen) atoms. The monoisotopic (exact) mass is 524 g/mol. The van der Waals surface area contributed by atoms with Crippen molar-refractivity contribution in [2.75, 3.05) is 13.1 Å². The van der Waals surface area contributed by atoms with Crippen LogP contribution in [0.15, 0.2) is 95.9 Å². The number of hydrogen-bond donors (Lipinski definition) is 2. The Morgan fingerprint density at radius 1 is 0.892 bits per heavy atom. The highest BCUT2D eigenvalue weighted by Crippen LogP contribution is 2.19. The fourth-order valence-electron chi connectivity index (χ4n) is 3.86. The number of ether oxygens (including phenoxy) is 1. The minimum Gasteiger partial charge on any atom is -0.445 e. The standard InChI is InChI=1S/C29H36N2O5S/c1-23(2)18-19-31(37(34,35)26-16-10-5-11-17-26)21-28(32)27(20-24-12-6-3-7-13-24)30-29(33)36-22-25-14-8-4-9-15-25/h3-17,23,27-28,32H,18-22H2,1-2H3,(H,30,33)/t27-,28-/m0/s1. The first-order valence-corrected chi connectivity index (χ1v) is 13.9. The Balaban J connectivity index is 1.78. The molecule has 7 nitrogen and oxygen atoms in total. The average molecular weight is 525 g/mol. The van der Waals surface area contributed by atoms with Crippen LogP contribution in [0.5, 0.6) is 0 Å². The van der Waals surface area contributed by atoms with Gasteiger partial charge in [0.05, 0.1) is 17.0 Å². The third kappa shape index (κ3) is 9.00. The Labute approximate surface area is 220 Å². The lowest BCUT2D eigenvalue weighted by molar-refractivity contribution is 0.0883. The van der Waals surface area contributed by atoms with Crippen LogP contribution in [0, 0.1) is 5.92 Å². The fraction of sp³-hybridized carbons (Fsp3) is 0.345. The number of hydrogen-bond acceptors (Lipinski definition) is 5. The largest absolute Gasteiger partial charge is 0.445 e. The van der Waals surface area contributed by atoms with E-state index in [9.17, 15) is 18.3 Å². The molecule has 2 N–H and O–H groups in total. The summed E-state index contributed by atoms with van der Waals surface area (Å²) in [5.41, 5.74) is 1.74. The van der Waals surface area contributed by atoms with Gasteiger partial charge in [-0.15, -0.1) is 0 Å². The van der Waals surface area contributed by atoms with Crippen molar-refractivity contribution in [2.45, 2.75) is 50.3 Å². The van der Waals surface area contributed by atoms with Gasteiger partial charge >= 0.3 is 6.09 Å². The number of nitrogens with zero attached hydrogens (tertiary/aromatic N) is 1. The first-order valence-electron chi connectivity index (χ1n) is 12.5. The number of benzene rings is 3. The van der Waals surface area contributed by atoms with E-state index in [2.05, 4.69) is 5.32 Å². The number of carbonyl (C=O) groups is 1. The molecule has 0 saturated heterocycles. The Bertz CT molecular complexity index is 1190. The van der Waals surface area contributed by atoms with Crippen molar-refractivity contribution in [1.29, 1.82) is 0 Å². The number of nitrogens with one attached hydrogen (secondary N) is 1. The smallest absolute Gasteiger partial charge is 0.407 e. The molecule has 0 aliphatic carbocycles. The summed E-state index contributed by atoms with van der Waals surface area (Å²) < 4.78 is 33.6. The highest BCUT2D eigenvalue weighted by molar-refractivity contribution is 7.89. The molecule has 3 aromatic carbocycles. The van der Waals surface area contributed by atoms with Crippen LogP contribution in [0.1, 0.15) is 31.4 Å². The number of alkyl carbamates (subject to hydrolysis) is 1. The van der Waals surface area contributed by atoms with Crippen molar-refractivity contribution in [2.24, 2.45) is 5.92 Å². The fourth-order valence-corrected chi connectivity index (χ4v) is 5.35. The zero-order chi connectivity index (χ0) is 26.7. The Hall–Kier alpha value is -3.20. The maximum absolute atomic E-state index is 13.4. The van der Waals surface area contributed by atoms with Crippen LogP contribution in [0.2, 0.25) is 0 Å². The third-order valence-corrected chi connectivity index (χ3v) is 7.89. The van der Waals surface area contributed by atoms with E-state index < -0.39 is 28.3 Å². The van der Waals surface area contributed by atoms with E-state index in [4.69, 9.17) is 4.74 Å². The molecular formula is C29H36N2O5S. The lowest BCUT2D eigenvalue weighted by Crippen LogP contribution is -2.50. The van der Waals surface area contributed by atoms with Crippen LogP contribution in [0.3, 0.4) is 0 Å². The van der Waals surface area contributed by atoms with Crippen LogP contribution < -0.4 is 5.32 Å². The van der Waals surface area contributed by atoms with Gasteiger partial charge in [-0.25, -0.2) is 13.2 Å². The van der Waals surface area contributed by atoms with Crippen molar-refractivity contribution in [3.05, 3.63) is 102 Å². The van der Waals surface area contributed by atoms with E-state index >= 15 is 0 Å². The molecule has 0 fully saturated rings. The number of rotatable bonds is 13. The lowest BCUT2D eigenvalue weighted by Gasteiger charge is -2.30. The van der Waals surface area contributed by atoms with Gasteiger partial charge in [0.2, 0.25) is 10.0 Å². The van der Waals surface area contributed by atoms with E-state index in [0.717, 1.165) is 11.1 Å². The van der Waals surface area contributed by atoms with E-state index in [1.165, 1.54) is 4.31 Å². The molecule has 0 spiro atoms. The first kappa shape index (κ1) is 28.4. The topological polar surface area (TPSA) is 95.9 Å². The second kappa shape index (κ2) is 13.9. The van der Waals surface area contributed by atoms with Gasteiger partial charge in [-0.1, -0.05) is 92.7 Å². The normalized spacial score (nSPS) is 13.3. The molecule has 2 atom stereocenters. The highest BCUT2D eigenvalue weighted by atomic mass is 32.2. The number of aliphatic hydroxyl groups is 1. The minimum atomic E-state index is -3.84. The Morgan fingerprint density at radius 2 is 1.43 bits per heavy atom. The van der Waals surface area contributed by atoms with Crippen LogP contribution in [-0.4, -0.2) is 49.2 Å². The molecule has 0 saturated carbocycles. The lowest BCUT2D eigenvalue weighted by atomic mass is 10.0. The summed E-state index contributed by atoms with van der Waals surface area (Å²) in [7, 11) is -3.84. The van der Waals surface area contributed by atoms with Crippen LogP contribution in [0.4, 0.5) is 4.79 Å². The minimum absolute atomic E-state index is 0.0870. The van der Waals surface area contributed by atoms with Gasteiger partial charge in [0, 0.05) is 13.1 Å². The molecule has 0 radical (unpaired) electrons. The molecule has 0 aliphatic heterocycles. The van der Waals surface area contributed by atoms with Crippen LogP contribution in [0.25, 0.3) is 0 Å². The van der Waals surface area contributed by atoms with Gasteiger partial charge < -0.3 is 15.2 Å². The van der Waals surface area contributed by atoms with Crippen LogP contribution >= 0.6 is 0 Å². The quantitative estimate of drug-likeness (QED) is 0.340. The van der Waals surface area contributed by atoms with E-state index in [1.54, 1.807) is 30.3 Å². The zero-order valence-electron chi connectivity index (χ0n) is 21.4. The molecule has 0 bridgehead atoms. The maximum atomic E-state index is 13.4. The van der Waals surface area contributed by atoms with Gasteiger partial charge in [-0.05, 0) is 42.0 Å². The molecule has 8 heteroatoms. The summed E-state index contributed by atoms with van der Waals surface area (Å²) in [6.45, 7) is 4.21. The summed E-state index contributed by atoms with van der Waals surface area (Å²) in [5.74, 6) is 0.275. The average Bonchev–Trinajstić information content (AvgIpc) is 2.91. The summed E-state index contributed by atoms with van der Waals surface area (Å²) in [5, 5.41) is 14.0. The zero-order valence-corrected chi connectivity index (χ0v) is 22.2. The Kier molecular flexibility index (Phi) is 10.7. The number of sulfonamides is 1. The predicted octanol–water partition coefficient (Wildman–Crippen LogP) is 4.62. The predicted molar refractivity (Wildman–Crippen MR) is 144 cm³/mol. The number of aliphatic hydroxyl groups excluding tert-OH is 1. The molecule has 0 aromatic heterocycles. The Morgan fingerprint density at radius 3 is 2.00 bits per heavy atom. The van der Waals surface area contributed by atoms with Crippen molar-refractivity contribution < 1.29 is 23.1 Å². The van der Waals surface area contributed by atoms with Crippen LogP contribution in [-0.2, 0) is 27.8 Å². The summed E-state index contributed by atoms with van der Waals surface area (Å²) in [6, 6.07) is 26.2. The molecule has 198 valence electrons. The van der Waals surface area contributed by atoms with Gasteiger partial charge in [-0.2, -0.15) is 4.31 Å². The van der Waals surface area contributed by atoms with Crippen molar-refractivity contribution in [1.82, 2.24) is 9.62 Å². The molecule has 0 heterocycles. The molecular weight excluding hydrogens is 488 g/mol. The maximum Gasteiger partial charge on any atom is 0.407 e. The second-order valence-electron chi connectivity index (χ2n) is 9.43. The number of carbonyl (C=O) groups excluding carboxylic acids is 1. The molecule has 3 aromatic rings. The van der Waals surface area contributed by atoms with E-state index in [1.807, 2.05) is 74.5 Å². The van der Waals surface area contributed by atoms with E-state index in [0.29, 0.717) is 12.8 Å². The molecule has 3 rings (SSSR count).